The number of likely N-dealkylation sites (N-methyl/N-ethyl adjacent to an activating group) is 5. The van der Waals surface area contributed by atoms with Crippen molar-refractivity contribution in [2.45, 2.75) is 70.6 Å². The number of sulfonamides is 2. The highest BCUT2D eigenvalue weighted by atomic mass is 79.9. The van der Waals surface area contributed by atoms with E-state index in [0.717, 1.165) is 125 Å². The van der Waals surface area contributed by atoms with Crippen LogP contribution >= 0.6 is 42.5 Å². The summed E-state index contributed by atoms with van der Waals surface area (Å²) >= 11 is 6.52. The molecule has 0 fully saturated rings. The fourth-order valence-electron chi connectivity index (χ4n) is 10.0. The number of hydrogen-bond acceptors (Lipinski definition) is 27. The zero-order valence-corrected chi connectivity index (χ0v) is 80.3. The second-order valence-electron chi connectivity index (χ2n) is 27.3. The molecule has 0 unspecified atom stereocenters. The third-order valence-corrected chi connectivity index (χ3v) is 23.9. The van der Waals surface area contributed by atoms with Gasteiger partial charge in [0.15, 0.2) is 9.84 Å². The average molecular weight is 1950 g/mol. The minimum Gasteiger partial charge on any atom is -0.394 e. The molecule has 3 aromatic heterocycles. The van der Waals surface area contributed by atoms with Crippen LogP contribution in [0.1, 0.15) is 67.5 Å². The maximum atomic E-state index is 13.0. The molecule has 0 saturated heterocycles. The van der Waals surface area contributed by atoms with Gasteiger partial charge in [-0.1, -0.05) is 77.8 Å². The van der Waals surface area contributed by atoms with Gasteiger partial charge in [0.25, 0.3) is 20.2 Å². The standard InChI is InChI=1S/C34H52N6O6S2.C15H22N2O2S.C8H18O8S2.C6H12Br2O2.C6H15N.C6H14O4.CH3ClO2S/c1-37(2)13-11-29-23-35-33-9-7-27(21-31(29)33)25-47(41,42)39(5)15-17-45-19-20-46-18-16-40(6)48(43,44)26-28-8-10-34-32(22-28)30(24-36-34)12-14-38(3)4;1-4-20(18,19)11-12-5-6-15-14(9-12)13(10-16-15)7-8-17(2)3;1-17(9,10)16-7-6-15-5-4-14-3-2-8-18(11,12)13;7-1-3-9-5-6-10-4-2-8;1-4-7(5-2)6-3;7-1-3-9-5-6-10-4-2-8;1-5(2,3)4/h7-10,21-24,35-36H,11-20,25-26H2,1-6H3;5-6,9-10,16H,4,7-8,11H2,1-3H3;2-8H2,1H3,(H,11,12,13);1-6H2;4-6H2,1-3H3;7-8H,1-6H2;1H3. The van der Waals surface area contributed by atoms with Crippen LogP contribution in [-0.2, 0) is 138 Å². The Labute approximate surface area is 725 Å². The van der Waals surface area contributed by atoms with Gasteiger partial charge in [-0.15, -0.1) is 0 Å². The number of nitrogens with one attached hydrogen (secondary N) is 3. The second-order valence-corrected chi connectivity index (χ2v) is 41.6. The Morgan fingerprint density at radius 2 is 0.703 bits per heavy atom. The van der Waals surface area contributed by atoms with E-state index in [1.54, 1.807) is 21.0 Å². The number of H-pyrrole nitrogens is 3. The molecule has 3 aromatic carbocycles. The van der Waals surface area contributed by atoms with Gasteiger partial charge in [-0.25, -0.2) is 42.3 Å². The van der Waals surface area contributed by atoms with Crippen LogP contribution < -0.4 is 0 Å². The Morgan fingerprint density at radius 3 is 0.983 bits per heavy atom. The molecule has 118 heavy (non-hydrogen) atoms. The molecule has 3 heterocycles. The molecule has 0 saturated carbocycles. The van der Waals surface area contributed by atoms with E-state index in [1.807, 2.05) is 115 Å². The SMILES string of the molecule is BrCCOCCOCCBr.CCN(CC)CC.CCS(=O)(=O)Cc1ccc2[nH]cc(CCN(C)C)c2c1.CN(C)CCc1c[nH]c2ccc(CS(=O)(=O)N(C)CCOCCOCCN(C)S(=O)(=O)Cc3ccc4[nH]cc(CCN(C)C)c4c3)cc12.CS(=O)(=O)Cl.CS(=O)(=O)OCCOCCOCCCS(=O)(=O)O.OCCOCCOCCO. The molecule has 0 bridgehead atoms. The minimum absolute atomic E-state index is 0.0417. The first-order valence-corrected chi connectivity index (χ1v) is 52.1. The van der Waals surface area contributed by atoms with Crippen molar-refractivity contribution in [3.05, 3.63) is 107 Å². The molecule has 6 N–H and O–H groups in total. The third kappa shape index (κ3) is 59.4. The molecular weight excluding hydrogens is 1810 g/mol. The molecule has 0 aliphatic rings. The summed E-state index contributed by atoms with van der Waals surface area (Å²) in [5.41, 5.74) is 9.00. The molecule has 0 amide bonds. The van der Waals surface area contributed by atoms with Crippen LogP contribution in [0, 0.1) is 0 Å². The van der Waals surface area contributed by atoms with E-state index < -0.39 is 59.2 Å². The van der Waals surface area contributed by atoms with Gasteiger partial charge in [0.1, 0.15) is 0 Å². The maximum absolute atomic E-state index is 13.0. The number of aliphatic hydroxyl groups is 2. The van der Waals surface area contributed by atoms with Gasteiger partial charge in [-0.3, -0.25) is 8.74 Å². The molecular formula is C76H136Br2ClN9O24S6. The first-order chi connectivity index (χ1) is 55.5. The first kappa shape index (κ1) is 115. The lowest BCUT2D eigenvalue weighted by atomic mass is 10.1. The van der Waals surface area contributed by atoms with Crippen LogP contribution in [0.3, 0.4) is 0 Å². The Hall–Kier alpha value is -3.49. The number of rotatable bonds is 55. The van der Waals surface area contributed by atoms with E-state index >= 15 is 0 Å². The Balaban J connectivity index is 0.00000160. The average Bonchev–Trinajstić information content (AvgIpc) is 1.64. The number of sulfone groups is 1. The number of halogens is 3. The van der Waals surface area contributed by atoms with Gasteiger partial charge in [0.2, 0.25) is 29.1 Å². The van der Waals surface area contributed by atoms with Crippen molar-refractivity contribution in [3.8, 4) is 0 Å². The molecule has 6 rings (SSSR count). The van der Waals surface area contributed by atoms with Gasteiger partial charge >= 0.3 is 0 Å². The van der Waals surface area contributed by atoms with Gasteiger partial charge < -0.3 is 82.7 Å². The minimum atomic E-state index is -3.93. The Morgan fingerprint density at radius 1 is 0.407 bits per heavy atom. The molecule has 0 aliphatic heterocycles. The fourth-order valence-corrected chi connectivity index (χ4v) is 14.6. The number of aromatic nitrogens is 3. The summed E-state index contributed by atoms with van der Waals surface area (Å²) in [5.74, 6) is -0.203. The molecule has 0 radical (unpaired) electrons. The monoisotopic (exact) mass is 1940 g/mol. The molecule has 6 aromatic rings. The lowest BCUT2D eigenvalue weighted by Crippen LogP contribution is -2.32. The first-order valence-electron chi connectivity index (χ1n) is 38.7. The summed E-state index contributed by atoms with van der Waals surface area (Å²) in [4.78, 5) is 18.6. The molecule has 0 spiro atoms. The van der Waals surface area contributed by atoms with Crippen LogP contribution in [-0.4, -0.2) is 377 Å². The summed E-state index contributed by atoms with van der Waals surface area (Å²) in [6.07, 6.45) is 10.8. The van der Waals surface area contributed by atoms with E-state index in [1.165, 1.54) is 44.9 Å². The van der Waals surface area contributed by atoms with Crippen LogP contribution in [0.5, 0.6) is 0 Å². The Bertz CT molecular complexity index is 4100. The number of aliphatic hydroxyl groups excluding tert-OH is 2. The lowest BCUT2D eigenvalue weighted by molar-refractivity contribution is 0.0222. The highest BCUT2D eigenvalue weighted by molar-refractivity contribution is 9.09. The van der Waals surface area contributed by atoms with Gasteiger partial charge in [0.05, 0.1) is 154 Å². The summed E-state index contributed by atoms with van der Waals surface area (Å²) < 4.78 is 193. The summed E-state index contributed by atoms with van der Waals surface area (Å²) in [5, 5.41) is 21.6. The number of aromatic amines is 3. The van der Waals surface area contributed by atoms with Crippen molar-refractivity contribution >= 4 is 134 Å². The van der Waals surface area contributed by atoms with Gasteiger partial charge in [-0.05, 0) is 157 Å². The zero-order chi connectivity index (χ0) is 89.2. The van der Waals surface area contributed by atoms with Gasteiger partial charge in [0, 0.05) is 132 Å². The molecule has 686 valence electrons. The van der Waals surface area contributed by atoms with E-state index in [2.05, 4.69) is 102 Å². The molecule has 0 aliphatic carbocycles. The molecule has 33 nitrogen and oxygen atoms in total. The van der Waals surface area contributed by atoms with Crippen molar-refractivity contribution < 1.29 is 107 Å². The third-order valence-electron chi connectivity index (χ3n) is 16.5. The quantitative estimate of drug-likeness (QED) is 0.00740. The van der Waals surface area contributed by atoms with Crippen LogP contribution in [0.15, 0.2) is 73.2 Å². The highest BCUT2D eigenvalue weighted by Crippen LogP contribution is 2.25. The highest BCUT2D eigenvalue weighted by Gasteiger charge is 2.22. The predicted octanol–water partition coefficient (Wildman–Crippen LogP) is 6.94. The van der Waals surface area contributed by atoms with Crippen LogP contribution in [0.4, 0.5) is 0 Å². The summed E-state index contributed by atoms with van der Waals surface area (Å²) in [6, 6.07) is 17.4. The summed E-state index contributed by atoms with van der Waals surface area (Å²) in [6.45, 7) is 21.5. The normalized spacial score (nSPS) is 12.2. The summed E-state index contributed by atoms with van der Waals surface area (Å²) in [7, 11) is -0.750. The van der Waals surface area contributed by atoms with E-state index in [0.29, 0.717) is 39.6 Å². The van der Waals surface area contributed by atoms with Crippen molar-refractivity contribution in [2.75, 3.05) is 269 Å². The van der Waals surface area contributed by atoms with E-state index in [-0.39, 0.29) is 121 Å². The molecule has 0 atom stereocenters. The predicted molar refractivity (Wildman–Crippen MR) is 480 cm³/mol. The van der Waals surface area contributed by atoms with Gasteiger partial charge in [-0.2, -0.15) is 16.8 Å². The lowest BCUT2D eigenvalue weighted by Gasteiger charge is -2.18. The molecule has 42 heteroatoms. The number of alkyl halides is 2. The van der Waals surface area contributed by atoms with Crippen LogP contribution in [0.2, 0.25) is 0 Å². The maximum Gasteiger partial charge on any atom is 0.264 e. The number of ether oxygens (including phenoxy) is 8. The van der Waals surface area contributed by atoms with Crippen LogP contribution in [0.25, 0.3) is 32.7 Å². The largest absolute Gasteiger partial charge is 0.394 e. The fraction of sp³-hybridized carbons (Fsp3) is 0.684. The van der Waals surface area contributed by atoms with Crippen molar-refractivity contribution in [3.63, 3.8) is 0 Å². The number of nitrogens with zero attached hydrogens (tertiary/aromatic N) is 6. The van der Waals surface area contributed by atoms with Crippen molar-refractivity contribution in [1.82, 2.24) is 43.2 Å². The topological polar surface area (TPSA) is 415 Å². The Kier molecular flexibility index (Phi) is 63.2. The van der Waals surface area contributed by atoms with E-state index in [4.69, 9.17) is 52.7 Å². The van der Waals surface area contributed by atoms with Crippen molar-refractivity contribution in [2.24, 2.45) is 0 Å². The van der Waals surface area contributed by atoms with E-state index in [9.17, 15) is 50.5 Å². The number of benzene rings is 3. The number of fused-ring (bicyclic) bond motifs is 3. The van der Waals surface area contributed by atoms with Crippen molar-refractivity contribution in [1.29, 1.82) is 0 Å². The smallest absolute Gasteiger partial charge is 0.264 e. The number of hydrogen-bond donors (Lipinski definition) is 6. The zero-order valence-electron chi connectivity index (χ0n) is 71.5. The second kappa shape index (κ2) is 65.1.